The summed E-state index contributed by atoms with van der Waals surface area (Å²) in [5, 5.41) is 6.45. The van der Waals surface area contributed by atoms with Crippen LogP contribution in [0.5, 0.6) is 0 Å². The van der Waals surface area contributed by atoms with Gasteiger partial charge in [-0.25, -0.2) is 49.2 Å². The number of pyridine rings is 3. The van der Waals surface area contributed by atoms with Crippen molar-refractivity contribution < 1.29 is 4.39 Å². The molecule has 0 radical (unpaired) electrons. The fourth-order valence-corrected chi connectivity index (χ4v) is 17.9. The molecule has 3 saturated carbocycles. The number of benzene rings is 6. The molecule has 9 aromatic heterocycles. The third kappa shape index (κ3) is 13.5. The predicted molar refractivity (Wildman–Crippen MR) is 445 cm³/mol. The number of fused-ring (bicyclic) bond motifs is 6. The van der Waals surface area contributed by atoms with E-state index in [9.17, 15) is 0 Å². The summed E-state index contributed by atoms with van der Waals surface area (Å²) in [5.41, 5.74) is 35.7. The average Bonchev–Trinajstić information content (AvgIpc) is 1.59. The van der Waals surface area contributed by atoms with E-state index in [-0.39, 0.29) is 5.82 Å². The molecule has 0 atom stereocenters. The average molecular weight is 1490 g/mol. The number of nitrogen functional groups attached to an aromatic ring is 3. The van der Waals surface area contributed by atoms with Crippen LogP contribution in [0.4, 0.5) is 21.8 Å². The van der Waals surface area contributed by atoms with E-state index in [1.165, 1.54) is 5.56 Å². The van der Waals surface area contributed by atoms with Crippen LogP contribution in [0.15, 0.2) is 207 Å². The maximum Gasteiger partial charge on any atom is 0.158 e. The van der Waals surface area contributed by atoms with E-state index in [0.29, 0.717) is 75.6 Å². The van der Waals surface area contributed by atoms with E-state index in [0.717, 1.165) is 229 Å². The molecule has 6 fully saturated rings. The zero-order valence-corrected chi connectivity index (χ0v) is 63.5. The van der Waals surface area contributed by atoms with Gasteiger partial charge in [0.05, 0.1) is 28.1 Å². The minimum atomic E-state index is -0.390. The van der Waals surface area contributed by atoms with Gasteiger partial charge < -0.3 is 32.3 Å². The quantitative estimate of drug-likeness (QED) is 0.0890. The molecule has 0 spiro atoms. The fourth-order valence-electron chi connectivity index (χ4n) is 17.9. The Morgan fingerprint density at radius 1 is 0.384 bits per heavy atom. The first-order chi connectivity index (χ1) is 54.9. The van der Waals surface area contributed by atoms with Gasteiger partial charge in [-0.15, -0.1) is 0 Å². The summed E-state index contributed by atoms with van der Waals surface area (Å²) in [4.78, 5) is 56.0. The Kier molecular flexibility index (Phi) is 19.0. The SMILES string of the molecule is CN1CCN(C2CC(c3nc(-c4ccc5ccc(-c6ccccc6)nc5c4F)c4c(N)nccn34)C2)CC1.Cc1cc(-c2ccccc2)nc2cc(-c3nc(C4CC(N5CCN(C)CC5)C4)n4ccnc(N)c34)ccc12.Nc1nccn2c(C3CC(N4CCNCC4)C3)nc(-c3ccc4ccc(-c5ccccc5)nc4c3)c12. The monoisotopic (exact) mass is 1490 g/mol. The van der Waals surface area contributed by atoms with Crippen molar-refractivity contribution in [2.75, 3.05) is 110 Å². The second-order valence-corrected chi connectivity index (χ2v) is 31.4. The molecule has 0 bridgehead atoms. The lowest BCUT2D eigenvalue weighted by Gasteiger charge is -2.45. The van der Waals surface area contributed by atoms with Gasteiger partial charge in [0.2, 0.25) is 0 Å². The molecule has 6 aliphatic rings. The molecule has 21 nitrogen and oxygen atoms in total. The Morgan fingerprint density at radius 3 is 1.29 bits per heavy atom. The molecule has 15 aromatic rings. The van der Waals surface area contributed by atoms with Crippen LogP contribution in [-0.2, 0) is 0 Å². The largest absolute Gasteiger partial charge is 0.382 e. The highest BCUT2D eigenvalue weighted by molar-refractivity contribution is 5.95. The lowest BCUT2D eigenvalue weighted by molar-refractivity contribution is 0.0586. The fraction of sp³-hybridized carbons (Fsp3) is 0.300. The number of nitrogens with one attached hydrogen (secondary N) is 1. The number of aromatic nitrogens is 12. The summed E-state index contributed by atoms with van der Waals surface area (Å²) in [7, 11) is 4.39. The zero-order valence-electron chi connectivity index (χ0n) is 63.5. The Balaban J connectivity index is 0.000000113. The normalized spacial score (nSPS) is 20.6. The maximum atomic E-state index is 16.2. The molecule has 21 rings (SSSR count). The molecule has 3 aliphatic carbocycles. The third-order valence-corrected chi connectivity index (χ3v) is 24.6. The summed E-state index contributed by atoms with van der Waals surface area (Å²) in [6.07, 6.45) is 17.8. The summed E-state index contributed by atoms with van der Waals surface area (Å²) in [6, 6.07) is 59.0. The van der Waals surface area contributed by atoms with Crippen molar-refractivity contribution in [3.63, 3.8) is 0 Å². The minimum absolute atomic E-state index is 0.300. The van der Waals surface area contributed by atoms with Gasteiger partial charge >= 0.3 is 0 Å². The third-order valence-electron chi connectivity index (χ3n) is 24.6. The van der Waals surface area contributed by atoms with Crippen molar-refractivity contribution in [2.45, 2.75) is 81.3 Å². The van der Waals surface area contributed by atoms with E-state index >= 15 is 4.39 Å². The summed E-state index contributed by atoms with van der Waals surface area (Å²) < 4.78 is 22.5. The number of rotatable bonds is 12. The molecule has 3 saturated heterocycles. The second kappa shape index (κ2) is 30.0. The number of hydrogen-bond acceptors (Lipinski definition) is 18. The Bertz CT molecular complexity index is 5970. The van der Waals surface area contributed by atoms with E-state index in [4.69, 9.17) is 47.1 Å². The van der Waals surface area contributed by atoms with E-state index in [2.05, 4.69) is 166 Å². The molecule has 22 heteroatoms. The number of nitrogens with zero attached hydrogens (tertiary/aromatic N) is 17. The Labute approximate surface area is 650 Å². The first-order valence-electron chi connectivity index (χ1n) is 39.6. The number of anilines is 3. The van der Waals surface area contributed by atoms with Crippen LogP contribution >= 0.6 is 0 Å². The van der Waals surface area contributed by atoms with Crippen LogP contribution in [0, 0.1) is 12.7 Å². The van der Waals surface area contributed by atoms with Gasteiger partial charge in [-0.2, -0.15) is 0 Å². The number of nitrogens with two attached hydrogens (primary N) is 3. The highest BCUT2D eigenvalue weighted by Crippen LogP contribution is 2.47. The van der Waals surface area contributed by atoms with Gasteiger partial charge in [0, 0.05) is 201 Å². The van der Waals surface area contributed by atoms with E-state index in [1.54, 1.807) is 24.7 Å². The number of halogens is 1. The number of aryl methyl sites for hydroxylation is 1. The molecule has 564 valence electrons. The molecule has 6 aromatic carbocycles. The first-order valence-corrected chi connectivity index (χ1v) is 39.6. The molecule has 0 unspecified atom stereocenters. The van der Waals surface area contributed by atoms with E-state index < -0.39 is 0 Å². The van der Waals surface area contributed by atoms with Gasteiger partial charge in [0.1, 0.15) is 74.1 Å². The van der Waals surface area contributed by atoms with Crippen LogP contribution in [0.1, 0.15) is 79.3 Å². The summed E-state index contributed by atoms with van der Waals surface area (Å²) in [5.74, 6) is 5.25. The van der Waals surface area contributed by atoms with Crippen LogP contribution < -0.4 is 22.5 Å². The molecule has 7 N–H and O–H groups in total. The van der Waals surface area contributed by atoms with Gasteiger partial charge in [-0.3, -0.25) is 27.9 Å². The number of piperazine rings is 3. The molecule has 3 aliphatic heterocycles. The standard InChI is InChI=1S/C31H33N7.C30H30FN7.C29H29N7/c1-20-16-26(21-6-4-3-5-7-21)34-27-19-22(8-9-25(20)27)28-29-30(32)33-10-11-38(29)31(35-28)23-17-24(18-23)37-14-12-36(2)13-15-37;1-36-13-15-37(16-14-36)22-17-21(18-22)30-35-27(28-29(32)33-11-12-38(28)30)23-9-7-20-8-10-24(34-26(20)25(23)31)19-5-3-2-4-6-19;30-28-27-26(21-7-6-20-8-9-24(33-25(20)18-21)19-4-2-1-3-5-19)34-29(36(27)15-12-32-28)22-16-23(17-22)35-13-10-31-11-14-35/h3-11,16,19,23-24H,12-15,17-18H2,1-2H3,(H2,32,33);2-12,21-22H,13-18H2,1H3,(H2,32,33);1-9,12,15,18,22-23,31H,10-11,13-14,16-17H2,(H2,30,32). The number of hydrogen-bond donors (Lipinski definition) is 4. The lowest BCUT2D eigenvalue weighted by Crippen LogP contribution is -2.52. The summed E-state index contributed by atoms with van der Waals surface area (Å²) >= 11 is 0. The van der Waals surface area contributed by atoms with Crippen molar-refractivity contribution in [2.24, 2.45) is 0 Å². The van der Waals surface area contributed by atoms with Gasteiger partial charge in [-0.05, 0) is 102 Å². The van der Waals surface area contributed by atoms with Crippen molar-refractivity contribution in [1.82, 2.24) is 87.9 Å². The summed E-state index contributed by atoms with van der Waals surface area (Å²) in [6.45, 7) is 15.7. The van der Waals surface area contributed by atoms with Gasteiger partial charge in [0.25, 0.3) is 0 Å². The lowest BCUT2D eigenvalue weighted by atomic mass is 9.78. The number of likely N-dealkylation sites (N-methyl/N-ethyl adjacent to an activating group) is 2. The molecular weight excluding hydrogens is 1390 g/mol. The van der Waals surface area contributed by atoms with Crippen molar-refractivity contribution >= 4 is 66.7 Å². The van der Waals surface area contributed by atoms with Crippen molar-refractivity contribution in [1.29, 1.82) is 0 Å². The van der Waals surface area contributed by atoms with Crippen LogP contribution in [-0.4, -0.2) is 193 Å². The van der Waals surface area contributed by atoms with Crippen LogP contribution in [0.2, 0.25) is 0 Å². The molecular formula is C90H92FN21. The second-order valence-electron chi connectivity index (χ2n) is 31.4. The van der Waals surface area contributed by atoms with Gasteiger partial charge in [0.15, 0.2) is 5.82 Å². The van der Waals surface area contributed by atoms with Crippen LogP contribution in [0.25, 0.3) is 117 Å². The van der Waals surface area contributed by atoms with Gasteiger partial charge in [-0.1, -0.05) is 133 Å². The Hall–Kier alpha value is -11.5. The van der Waals surface area contributed by atoms with Crippen molar-refractivity contribution in [3.05, 3.63) is 236 Å². The minimum Gasteiger partial charge on any atom is -0.382 e. The smallest absolute Gasteiger partial charge is 0.158 e. The first kappa shape index (κ1) is 70.9. The number of imidazole rings is 3. The molecule has 0 amide bonds. The predicted octanol–water partition coefficient (Wildman–Crippen LogP) is 14.2. The van der Waals surface area contributed by atoms with E-state index in [1.807, 2.05) is 95.8 Å². The Morgan fingerprint density at radius 2 is 0.786 bits per heavy atom. The molecule has 112 heavy (non-hydrogen) atoms. The maximum absolute atomic E-state index is 16.2. The van der Waals surface area contributed by atoms with Crippen LogP contribution in [0.3, 0.4) is 0 Å². The zero-order chi connectivity index (χ0) is 75.7. The topological polar surface area (TPSA) is 236 Å². The highest BCUT2D eigenvalue weighted by atomic mass is 19.1. The highest BCUT2D eigenvalue weighted by Gasteiger charge is 2.42. The van der Waals surface area contributed by atoms with Crippen molar-refractivity contribution in [3.8, 4) is 67.5 Å². The molecule has 12 heterocycles.